The van der Waals surface area contributed by atoms with Crippen molar-refractivity contribution in [3.63, 3.8) is 0 Å². The summed E-state index contributed by atoms with van der Waals surface area (Å²) in [4.78, 5) is 17.2. The van der Waals surface area contributed by atoms with Gasteiger partial charge in [0.25, 0.3) is 0 Å². The fraction of sp³-hybridized carbons (Fsp3) is 0.938. The van der Waals surface area contributed by atoms with E-state index in [2.05, 4.69) is 29.0 Å². The third-order valence-electron chi connectivity index (χ3n) is 5.13. The number of nitrogens with zero attached hydrogens (tertiary/aromatic N) is 2. The van der Waals surface area contributed by atoms with Gasteiger partial charge in [-0.2, -0.15) is 0 Å². The van der Waals surface area contributed by atoms with Crippen molar-refractivity contribution < 1.29 is 4.79 Å². The second kappa shape index (κ2) is 8.11. The molecule has 2 rings (SSSR count). The quantitative estimate of drug-likeness (QED) is 0.782. The number of carbonyl (C=O) groups is 1. The van der Waals surface area contributed by atoms with Gasteiger partial charge >= 0.3 is 0 Å². The van der Waals surface area contributed by atoms with Crippen LogP contribution in [0.5, 0.6) is 0 Å². The third kappa shape index (κ3) is 4.94. The number of nitrogens with one attached hydrogen (secondary N) is 1. The lowest BCUT2D eigenvalue weighted by atomic mass is 9.85. The van der Waals surface area contributed by atoms with Crippen LogP contribution >= 0.6 is 0 Å². The minimum atomic E-state index is 0.137. The van der Waals surface area contributed by atoms with Crippen LogP contribution in [0.1, 0.15) is 39.5 Å². The van der Waals surface area contributed by atoms with E-state index in [1.165, 1.54) is 0 Å². The van der Waals surface area contributed by atoms with Gasteiger partial charge in [-0.05, 0) is 32.7 Å². The SMILES string of the molecule is CCN1CCN(C(C)CNC(=O)C2CCCC(N)C2)CC1. The highest BCUT2D eigenvalue weighted by molar-refractivity contribution is 5.78. The molecular formula is C16H32N4O. The van der Waals surface area contributed by atoms with E-state index in [4.69, 9.17) is 5.73 Å². The molecule has 2 aliphatic rings. The molecule has 0 aromatic rings. The predicted octanol–water partition coefficient (Wildman–Crippen LogP) is 0.646. The number of hydrogen-bond acceptors (Lipinski definition) is 4. The first-order valence-corrected chi connectivity index (χ1v) is 8.59. The van der Waals surface area contributed by atoms with Gasteiger partial charge in [0.15, 0.2) is 0 Å². The third-order valence-corrected chi connectivity index (χ3v) is 5.13. The lowest BCUT2D eigenvalue weighted by molar-refractivity contribution is -0.126. The minimum Gasteiger partial charge on any atom is -0.354 e. The van der Waals surface area contributed by atoms with Gasteiger partial charge < -0.3 is 16.0 Å². The minimum absolute atomic E-state index is 0.137. The summed E-state index contributed by atoms with van der Waals surface area (Å²) >= 11 is 0. The number of hydrogen-bond donors (Lipinski definition) is 2. The van der Waals surface area contributed by atoms with Crippen molar-refractivity contribution in [2.24, 2.45) is 11.7 Å². The Bertz CT molecular complexity index is 328. The Balaban J connectivity index is 1.68. The number of carbonyl (C=O) groups excluding carboxylic acids is 1. The molecule has 0 aromatic carbocycles. The van der Waals surface area contributed by atoms with Crippen molar-refractivity contribution in [1.82, 2.24) is 15.1 Å². The summed E-state index contributed by atoms with van der Waals surface area (Å²) in [6, 6.07) is 0.638. The fourth-order valence-electron chi connectivity index (χ4n) is 3.51. The van der Waals surface area contributed by atoms with E-state index in [0.29, 0.717) is 6.04 Å². The molecule has 122 valence electrons. The Hall–Kier alpha value is -0.650. The molecule has 3 N–H and O–H groups in total. The van der Waals surface area contributed by atoms with Crippen LogP contribution in [-0.2, 0) is 4.79 Å². The average molecular weight is 296 g/mol. The van der Waals surface area contributed by atoms with E-state index in [-0.39, 0.29) is 17.9 Å². The van der Waals surface area contributed by atoms with Crippen molar-refractivity contribution in [3.05, 3.63) is 0 Å². The lowest BCUT2D eigenvalue weighted by Crippen LogP contribution is -2.52. The van der Waals surface area contributed by atoms with Gasteiger partial charge in [-0.15, -0.1) is 0 Å². The van der Waals surface area contributed by atoms with Gasteiger partial charge in [0.2, 0.25) is 5.91 Å². The topological polar surface area (TPSA) is 61.6 Å². The summed E-state index contributed by atoms with van der Waals surface area (Å²) in [6.07, 6.45) is 4.02. The van der Waals surface area contributed by atoms with Gasteiger partial charge in [0, 0.05) is 50.7 Å². The standard InChI is InChI=1S/C16H32N4O/c1-3-19-7-9-20(10-8-19)13(2)12-18-16(21)14-5-4-6-15(17)11-14/h13-15H,3-12,17H2,1-2H3,(H,18,21). The first-order chi connectivity index (χ1) is 10.1. The van der Waals surface area contributed by atoms with Gasteiger partial charge in [-0.1, -0.05) is 13.3 Å². The Morgan fingerprint density at radius 3 is 2.62 bits per heavy atom. The molecule has 1 heterocycles. The van der Waals surface area contributed by atoms with Gasteiger partial charge in [0.05, 0.1) is 0 Å². The smallest absolute Gasteiger partial charge is 0.223 e. The fourth-order valence-corrected chi connectivity index (χ4v) is 3.51. The molecule has 0 aromatic heterocycles. The Morgan fingerprint density at radius 1 is 1.29 bits per heavy atom. The second-order valence-electron chi connectivity index (χ2n) is 6.69. The van der Waals surface area contributed by atoms with E-state index < -0.39 is 0 Å². The maximum atomic E-state index is 12.2. The molecule has 5 heteroatoms. The van der Waals surface area contributed by atoms with Crippen molar-refractivity contribution in [3.8, 4) is 0 Å². The van der Waals surface area contributed by atoms with E-state index in [1.54, 1.807) is 0 Å². The zero-order valence-corrected chi connectivity index (χ0v) is 13.7. The largest absolute Gasteiger partial charge is 0.354 e. The number of likely N-dealkylation sites (N-methyl/N-ethyl adjacent to an activating group) is 1. The summed E-state index contributed by atoms with van der Waals surface area (Å²) < 4.78 is 0. The molecular weight excluding hydrogens is 264 g/mol. The van der Waals surface area contributed by atoms with Gasteiger partial charge in [0.1, 0.15) is 0 Å². The lowest BCUT2D eigenvalue weighted by Gasteiger charge is -2.37. The molecule has 0 radical (unpaired) electrons. The molecule has 1 aliphatic carbocycles. The maximum Gasteiger partial charge on any atom is 0.223 e. The molecule has 1 amide bonds. The van der Waals surface area contributed by atoms with E-state index >= 15 is 0 Å². The molecule has 1 saturated carbocycles. The van der Waals surface area contributed by atoms with Crippen LogP contribution in [-0.4, -0.2) is 67.1 Å². The zero-order valence-electron chi connectivity index (χ0n) is 13.7. The Kier molecular flexibility index (Phi) is 6.45. The van der Waals surface area contributed by atoms with Crippen LogP contribution in [0.25, 0.3) is 0 Å². The molecule has 1 saturated heterocycles. The van der Waals surface area contributed by atoms with Crippen LogP contribution in [0, 0.1) is 5.92 Å². The van der Waals surface area contributed by atoms with Crippen molar-refractivity contribution in [2.45, 2.75) is 51.6 Å². The molecule has 2 fully saturated rings. The van der Waals surface area contributed by atoms with Crippen LogP contribution in [0.15, 0.2) is 0 Å². The zero-order chi connectivity index (χ0) is 15.2. The summed E-state index contributed by atoms with van der Waals surface area (Å²) in [5, 5.41) is 3.15. The number of rotatable bonds is 5. The number of amides is 1. The van der Waals surface area contributed by atoms with E-state index in [1.807, 2.05) is 0 Å². The van der Waals surface area contributed by atoms with E-state index in [0.717, 1.165) is 65.0 Å². The van der Waals surface area contributed by atoms with Crippen LogP contribution < -0.4 is 11.1 Å². The Labute approximate surface area is 129 Å². The predicted molar refractivity (Wildman–Crippen MR) is 86.1 cm³/mol. The van der Waals surface area contributed by atoms with E-state index in [9.17, 15) is 4.79 Å². The van der Waals surface area contributed by atoms with Crippen molar-refractivity contribution in [2.75, 3.05) is 39.3 Å². The highest BCUT2D eigenvalue weighted by Gasteiger charge is 2.26. The summed E-state index contributed by atoms with van der Waals surface area (Å²) in [5.41, 5.74) is 5.97. The summed E-state index contributed by atoms with van der Waals surface area (Å²) in [5.74, 6) is 0.349. The molecule has 5 nitrogen and oxygen atoms in total. The normalized spacial score (nSPS) is 30.0. The molecule has 21 heavy (non-hydrogen) atoms. The first-order valence-electron chi connectivity index (χ1n) is 8.59. The summed E-state index contributed by atoms with van der Waals surface area (Å²) in [6.45, 7) is 10.8. The number of nitrogens with two attached hydrogens (primary N) is 1. The molecule has 1 aliphatic heterocycles. The maximum absolute atomic E-state index is 12.2. The average Bonchev–Trinajstić information content (AvgIpc) is 2.52. The molecule has 3 unspecified atom stereocenters. The number of piperazine rings is 1. The monoisotopic (exact) mass is 296 g/mol. The summed E-state index contributed by atoms with van der Waals surface area (Å²) in [7, 11) is 0. The first kappa shape index (κ1) is 16.7. The van der Waals surface area contributed by atoms with Gasteiger partial charge in [-0.3, -0.25) is 9.69 Å². The van der Waals surface area contributed by atoms with Gasteiger partial charge in [-0.25, -0.2) is 0 Å². The van der Waals surface area contributed by atoms with Crippen LogP contribution in [0.3, 0.4) is 0 Å². The molecule has 3 atom stereocenters. The van der Waals surface area contributed by atoms with Crippen LogP contribution in [0.2, 0.25) is 0 Å². The Morgan fingerprint density at radius 2 is 2.00 bits per heavy atom. The highest BCUT2D eigenvalue weighted by Crippen LogP contribution is 2.23. The second-order valence-corrected chi connectivity index (χ2v) is 6.69. The van der Waals surface area contributed by atoms with Crippen molar-refractivity contribution in [1.29, 1.82) is 0 Å². The highest BCUT2D eigenvalue weighted by atomic mass is 16.1. The van der Waals surface area contributed by atoms with Crippen LogP contribution in [0.4, 0.5) is 0 Å². The molecule has 0 bridgehead atoms. The van der Waals surface area contributed by atoms with Crippen molar-refractivity contribution >= 4 is 5.91 Å². The molecule has 0 spiro atoms.